The molecule has 1 aromatic rings. The number of hydrogen-bond donors (Lipinski definition) is 1. The van der Waals surface area contributed by atoms with E-state index in [0.717, 1.165) is 30.6 Å². The van der Waals surface area contributed by atoms with Gasteiger partial charge < -0.3 is 15.4 Å². The molecule has 4 nitrogen and oxygen atoms in total. The molecule has 0 aliphatic heterocycles. The van der Waals surface area contributed by atoms with E-state index in [1.165, 1.54) is 0 Å². The molecule has 1 rings (SSSR count). The molecule has 0 saturated heterocycles. The van der Waals surface area contributed by atoms with Crippen LogP contribution in [0.4, 0.5) is 0 Å². The van der Waals surface area contributed by atoms with Crippen molar-refractivity contribution in [2.24, 2.45) is 5.73 Å². The number of carbonyl (C=O) groups excluding carboxylic acids is 1. The quantitative estimate of drug-likeness (QED) is 0.832. The molecule has 0 radical (unpaired) electrons. The normalized spacial score (nSPS) is 13.7. The highest BCUT2D eigenvalue weighted by Crippen LogP contribution is 2.20. The third kappa shape index (κ3) is 4.23. The Balaban J connectivity index is 2.70. The lowest BCUT2D eigenvalue weighted by Gasteiger charge is -2.28. The van der Waals surface area contributed by atoms with Crippen LogP contribution in [-0.4, -0.2) is 37.0 Å². The molecule has 0 saturated carbocycles. The number of carbonyl (C=O) groups is 1. The zero-order valence-corrected chi connectivity index (χ0v) is 12.9. The van der Waals surface area contributed by atoms with Crippen LogP contribution in [0.5, 0.6) is 5.75 Å². The number of para-hydroxylation sites is 1. The lowest BCUT2D eigenvalue weighted by Crippen LogP contribution is -2.46. The van der Waals surface area contributed by atoms with E-state index in [1.54, 1.807) is 12.0 Å². The van der Waals surface area contributed by atoms with Crippen molar-refractivity contribution in [3.8, 4) is 5.75 Å². The summed E-state index contributed by atoms with van der Waals surface area (Å²) in [5.41, 5.74) is 7.00. The van der Waals surface area contributed by atoms with Crippen LogP contribution in [0.25, 0.3) is 0 Å². The Bertz CT molecular complexity index is 434. The molecule has 0 aromatic heterocycles. The molecule has 112 valence electrons. The summed E-state index contributed by atoms with van der Waals surface area (Å²) in [5, 5.41) is 0. The summed E-state index contributed by atoms with van der Waals surface area (Å²) in [4.78, 5) is 13.9. The fraction of sp³-hybridized carbons (Fsp3) is 0.562. The number of nitrogens with zero attached hydrogens (tertiary/aromatic N) is 1. The maximum atomic E-state index is 12.2. The minimum absolute atomic E-state index is 0.00856. The Morgan fingerprint density at radius 3 is 2.65 bits per heavy atom. The Morgan fingerprint density at radius 2 is 2.05 bits per heavy atom. The van der Waals surface area contributed by atoms with E-state index in [2.05, 4.69) is 0 Å². The maximum Gasteiger partial charge on any atom is 0.239 e. The molecule has 2 N–H and O–H groups in total. The topological polar surface area (TPSA) is 55.6 Å². The van der Waals surface area contributed by atoms with Crippen molar-refractivity contribution >= 4 is 5.91 Å². The van der Waals surface area contributed by atoms with Crippen LogP contribution in [0.1, 0.15) is 32.3 Å². The molecule has 20 heavy (non-hydrogen) atoms. The summed E-state index contributed by atoms with van der Waals surface area (Å²) >= 11 is 0. The molecule has 0 fully saturated rings. The van der Waals surface area contributed by atoms with Crippen LogP contribution in [0.3, 0.4) is 0 Å². The van der Waals surface area contributed by atoms with Gasteiger partial charge in [0, 0.05) is 13.1 Å². The number of methoxy groups -OCH3 is 1. The Labute approximate surface area is 121 Å². The van der Waals surface area contributed by atoms with Crippen LogP contribution < -0.4 is 10.5 Å². The second-order valence-electron chi connectivity index (χ2n) is 5.21. The molecular formula is C16H26N2O2. The first-order valence-corrected chi connectivity index (χ1v) is 7.15. The molecule has 2 atom stereocenters. The van der Waals surface area contributed by atoms with Gasteiger partial charge in [0.15, 0.2) is 0 Å². The average Bonchev–Trinajstić information content (AvgIpc) is 2.46. The van der Waals surface area contributed by atoms with Gasteiger partial charge in [-0.05, 0) is 31.4 Å². The minimum atomic E-state index is -0.398. The number of benzene rings is 1. The number of likely N-dealkylation sites (N-methyl/N-ethyl adjacent to an activating group) is 1. The third-order valence-electron chi connectivity index (χ3n) is 3.63. The van der Waals surface area contributed by atoms with E-state index in [1.807, 2.05) is 45.2 Å². The highest BCUT2D eigenvalue weighted by atomic mass is 16.5. The molecule has 0 heterocycles. The molecule has 0 spiro atoms. The van der Waals surface area contributed by atoms with Crippen molar-refractivity contribution in [1.82, 2.24) is 4.90 Å². The Kier molecular flexibility index (Phi) is 6.52. The molecule has 0 aliphatic rings. The van der Waals surface area contributed by atoms with Crippen molar-refractivity contribution in [3.63, 3.8) is 0 Å². The minimum Gasteiger partial charge on any atom is -0.496 e. The van der Waals surface area contributed by atoms with Crippen LogP contribution in [0, 0.1) is 0 Å². The second-order valence-corrected chi connectivity index (χ2v) is 5.21. The van der Waals surface area contributed by atoms with Crippen molar-refractivity contribution in [3.05, 3.63) is 29.8 Å². The fourth-order valence-electron chi connectivity index (χ4n) is 2.24. The van der Waals surface area contributed by atoms with Gasteiger partial charge in [0.1, 0.15) is 5.75 Å². The predicted octanol–water partition coefficient (Wildman–Crippen LogP) is 2.21. The van der Waals surface area contributed by atoms with E-state index in [9.17, 15) is 4.79 Å². The first kappa shape index (κ1) is 16.5. The van der Waals surface area contributed by atoms with Crippen molar-refractivity contribution in [1.29, 1.82) is 0 Å². The molecule has 0 bridgehead atoms. The fourth-order valence-corrected chi connectivity index (χ4v) is 2.24. The second kappa shape index (κ2) is 7.90. The molecule has 4 heteroatoms. The van der Waals surface area contributed by atoms with E-state index < -0.39 is 6.04 Å². The van der Waals surface area contributed by atoms with Gasteiger partial charge in [-0.2, -0.15) is 0 Å². The lowest BCUT2D eigenvalue weighted by atomic mass is 10.0. The first-order valence-electron chi connectivity index (χ1n) is 7.15. The third-order valence-corrected chi connectivity index (χ3v) is 3.63. The summed E-state index contributed by atoms with van der Waals surface area (Å²) in [6.07, 6.45) is 2.40. The van der Waals surface area contributed by atoms with E-state index in [-0.39, 0.29) is 11.9 Å². The summed E-state index contributed by atoms with van der Waals surface area (Å²) in [7, 11) is 3.48. The number of rotatable bonds is 7. The summed E-state index contributed by atoms with van der Waals surface area (Å²) in [6.45, 7) is 4.06. The predicted molar refractivity (Wildman–Crippen MR) is 81.8 cm³/mol. The van der Waals surface area contributed by atoms with Gasteiger partial charge in [0.25, 0.3) is 0 Å². The van der Waals surface area contributed by atoms with Crippen LogP contribution in [0.15, 0.2) is 24.3 Å². The Hall–Kier alpha value is -1.55. The first-order chi connectivity index (χ1) is 9.51. The highest BCUT2D eigenvalue weighted by molar-refractivity contribution is 5.81. The van der Waals surface area contributed by atoms with Crippen molar-refractivity contribution < 1.29 is 9.53 Å². The molecular weight excluding hydrogens is 252 g/mol. The summed E-state index contributed by atoms with van der Waals surface area (Å²) < 4.78 is 5.34. The molecule has 1 amide bonds. The largest absolute Gasteiger partial charge is 0.496 e. The molecule has 0 aliphatic carbocycles. The standard InChI is InChI=1S/C16H26N2O2/c1-5-8-14(17)16(19)18(3)12(2)11-13-9-6-7-10-15(13)20-4/h6-7,9-10,12,14H,5,8,11,17H2,1-4H3. The number of hydrogen-bond acceptors (Lipinski definition) is 3. The Morgan fingerprint density at radius 1 is 1.40 bits per heavy atom. The lowest BCUT2D eigenvalue weighted by molar-refractivity contribution is -0.133. The summed E-state index contributed by atoms with van der Waals surface area (Å²) in [5.74, 6) is 0.868. The number of nitrogens with two attached hydrogens (primary N) is 1. The monoisotopic (exact) mass is 278 g/mol. The van der Waals surface area contributed by atoms with Gasteiger partial charge >= 0.3 is 0 Å². The van der Waals surface area contributed by atoms with Gasteiger partial charge in [-0.3, -0.25) is 4.79 Å². The number of amides is 1. The van der Waals surface area contributed by atoms with Gasteiger partial charge in [0.2, 0.25) is 5.91 Å². The average molecular weight is 278 g/mol. The zero-order chi connectivity index (χ0) is 15.1. The van der Waals surface area contributed by atoms with Gasteiger partial charge in [-0.25, -0.2) is 0 Å². The van der Waals surface area contributed by atoms with Crippen molar-refractivity contribution in [2.75, 3.05) is 14.2 Å². The van der Waals surface area contributed by atoms with E-state index in [0.29, 0.717) is 0 Å². The SMILES string of the molecule is CCCC(N)C(=O)N(C)C(C)Cc1ccccc1OC. The zero-order valence-electron chi connectivity index (χ0n) is 12.9. The van der Waals surface area contributed by atoms with Crippen molar-refractivity contribution in [2.45, 2.75) is 45.2 Å². The molecule has 2 unspecified atom stereocenters. The van der Waals surface area contributed by atoms with Crippen LogP contribution in [-0.2, 0) is 11.2 Å². The van der Waals surface area contributed by atoms with Crippen LogP contribution >= 0.6 is 0 Å². The highest BCUT2D eigenvalue weighted by Gasteiger charge is 2.22. The van der Waals surface area contributed by atoms with E-state index >= 15 is 0 Å². The van der Waals surface area contributed by atoms with Gasteiger partial charge in [0.05, 0.1) is 13.2 Å². The summed E-state index contributed by atoms with van der Waals surface area (Å²) in [6, 6.07) is 7.58. The number of ether oxygens (including phenoxy) is 1. The van der Waals surface area contributed by atoms with Gasteiger partial charge in [-0.1, -0.05) is 31.5 Å². The maximum absolute atomic E-state index is 12.2. The van der Waals surface area contributed by atoms with E-state index in [4.69, 9.17) is 10.5 Å². The van der Waals surface area contributed by atoms with Crippen LogP contribution in [0.2, 0.25) is 0 Å². The smallest absolute Gasteiger partial charge is 0.239 e. The van der Waals surface area contributed by atoms with Gasteiger partial charge in [-0.15, -0.1) is 0 Å². The molecule has 1 aromatic carbocycles.